The molecule has 0 bridgehead atoms. The average Bonchev–Trinajstić information content (AvgIpc) is 2.93. The lowest BCUT2D eigenvalue weighted by atomic mass is 10.1. The first-order valence-electron chi connectivity index (χ1n) is 6.94. The highest BCUT2D eigenvalue weighted by atomic mass is 19.4. The zero-order valence-corrected chi connectivity index (χ0v) is 13.3. The first-order valence-corrected chi connectivity index (χ1v) is 6.94. The van der Waals surface area contributed by atoms with E-state index in [1.165, 1.54) is 11.7 Å². The predicted octanol–water partition coefficient (Wildman–Crippen LogP) is 2.20. The summed E-state index contributed by atoms with van der Waals surface area (Å²) in [5.41, 5.74) is -1.54. The highest BCUT2D eigenvalue weighted by Crippen LogP contribution is 2.28. The lowest BCUT2D eigenvalue weighted by Gasteiger charge is -2.11. The molecule has 0 aromatic carbocycles. The largest absolute Gasteiger partial charge is 0.465 e. The first-order chi connectivity index (χ1) is 11.8. The second-order valence-corrected chi connectivity index (χ2v) is 4.87. The van der Waals surface area contributed by atoms with E-state index >= 15 is 0 Å². The molecule has 0 aliphatic rings. The number of alkyl halides is 4. The van der Waals surface area contributed by atoms with Crippen LogP contribution in [0.15, 0.2) is 12.1 Å². The highest BCUT2D eigenvalue weighted by Gasteiger charge is 2.33. The Hall–Kier alpha value is -2.56. The number of methoxy groups -OCH3 is 1. The van der Waals surface area contributed by atoms with Gasteiger partial charge in [-0.15, -0.1) is 0 Å². The first kappa shape index (κ1) is 18.8. The monoisotopic (exact) mass is 362 g/mol. The average molecular weight is 362 g/mol. The Balaban J connectivity index is 2.16. The Morgan fingerprint density at radius 3 is 2.52 bits per heavy atom. The molecule has 2 rings (SSSR count). The van der Waals surface area contributed by atoms with Crippen molar-refractivity contribution in [2.75, 3.05) is 7.11 Å². The van der Waals surface area contributed by atoms with E-state index < -0.39 is 31.1 Å². The third kappa shape index (κ3) is 4.50. The molecule has 11 heteroatoms. The van der Waals surface area contributed by atoms with Crippen LogP contribution in [0.25, 0.3) is 0 Å². The molecule has 0 spiro atoms. The maximum atomic E-state index is 12.8. The normalized spacial score (nSPS) is 11.6. The lowest BCUT2D eigenvalue weighted by Crippen LogP contribution is -2.15. The van der Waals surface area contributed by atoms with Crippen molar-refractivity contribution < 1.29 is 31.8 Å². The van der Waals surface area contributed by atoms with Gasteiger partial charge in [0.2, 0.25) is 0 Å². The van der Waals surface area contributed by atoms with E-state index in [9.17, 15) is 22.4 Å². The minimum absolute atomic E-state index is 0.0889. The van der Waals surface area contributed by atoms with Crippen molar-refractivity contribution in [3.8, 4) is 0 Å². The van der Waals surface area contributed by atoms with Gasteiger partial charge in [0.05, 0.1) is 25.0 Å². The van der Waals surface area contributed by atoms with Crippen molar-refractivity contribution in [1.29, 1.82) is 0 Å². The van der Waals surface area contributed by atoms with Crippen LogP contribution in [0.5, 0.6) is 0 Å². The summed E-state index contributed by atoms with van der Waals surface area (Å²) in [6.07, 6.45) is -4.66. The second kappa shape index (κ2) is 7.55. The minimum Gasteiger partial charge on any atom is -0.465 e. The number of ether oxygens (including phenoxy) is 2. The molecule has 0 fully saturated rings. The molecule has 2 heterocycles. The van der Waals surface area contributed by atoms with Gasteiger partial charge >= 0.3 is 12.1 Å². The van der Waals surface area contributed by atoms with E-state index in [-0.39, 0.29) is 29.5 Å². The summed E-state index contributed by atoms with van der Waals surface area (Å²) in [7, 11) is 2.59. The molecular formula is C14H14F4N4O3. The Morgan fingerprint density at radius 1 is 1.24 bits per heavy atom. The van der Waals surface area contributed by atoms with Crippen LogP contribution in [0.3, 0.4) is 0 Å². The number of halogens is 4. The topological polar surface area (TPSA) is 79.1 Å². The summed E-state index contributed by atoms with van der Waals surface area (Å²) in [5, 5.41) is 3.89. The minimum atomic E-state index is -4.66. The Morgan fingerprint density at radius 2 is 1.96 bits per heavy atom. The van der Waals surface area contributed by atoms with Gasteiger partial charge < -0.3 is 9.47 Å². The van der Waals surface area contributed by atoms with E-state index in [0.717, 1.165) is 13.2 Å². The zero-order valence-electron chi connectivity index (χ0n) is 13.3. The fraction of sp³-hybridized carbons (Fsp3) is 0.429. The standard InChI is InChI=1S/C14H14F4N4O3/c1-22-12(5-15)20-11(21-22)7-25-6-9-8(13(23)24-2)3-4-10(19-9)14(16,17)18/h3-4H,5-7H2,1-2H3. The Kier molecular flexibility index (Phi) is 5.67. The summed E-state index contributed by atoms with van der Waals surface area (Å²) in [4.78, 5) is 18.9. The number of carbonyl (C=O) groups is 1. The molecule has 2 aromatic heterocycles. The van der Waals surface area contributed by atoms with Gasteiger partial charge in [-0.25, -0.2) is 19.2 Å². The van der Waals surface area contributed by atoms with Crippen LogP contribution >= 0.6 is 0 Å². The number of esters is 1. The summed E-state index contributed by atoms with van der Waals surface area (Å²) in [6, 6.07) is 1.66. The van der Waals surface area contributed by atoms with Gasteiger partial charge in [0, 0.05) is 7.05 Å². The molecule has 7 nitrogen and oxygen atoms in total. The fourth-order valence-electron chi connectivity index (χ4n) is 1.96. The third-order valence-corrected chi connectivity index (χ3v) is 3.16. The molecule has 0 aliphatic carbocycles. The molecule has 2 aromatic rings. The van der Waals surface area contributed by atoms with Crippen LogP contribution < -0.4 is 0 Å². The number of carbonyl (C=O) groups excluding carboxylic acids is 1. The van der Waals surface area contributed by atoms with Gasteiger partial charge in [-0.05, 0) is 12.1 Å². The van der Waals surface area contributed by atoms with Gasteiger partial charge in [0.1, 0.15) is 19.0 Å². The van der Waals surface area contributed by atoms with Crippen molar-refractivity contribution in [1.82, 2.24) is 19.7 Å². The van der Waals surface area contributed by atoms with Crippen molar-refractivity contribution >= 4 is 5.97 Å². The molecule has 0 atom stereocenters. The highest BCUT2D eigenvalue weighted by molar-refractivity contribution is 5.90. The van der Waals surface area contributed by atoms with Crippen molar-refractivity contribution in [2.24, 2.45) is 7.05 Å². The van der Waals surface area contributed by atoms with Crippen molar-refractivity contribution in [3.63, 3.8) is 0 Å². The van der Waals surface area contributed by atoms with Crippen LogP contribution in [-0.4, -0.2) is 32.8 Å². The summed E-state index contributed by atoms with van der Waals surface area (Å²) >= 11 is 0. The summed E-state index contributed by atoms with van der Waals surface area (Å²) < 4.78 is 61.9. The summed E-state index contributed by atoms with van der Waals surface area (Å²) in [6.45, 7) is -1.41. The number of pyridine rings is 1. The molecule has 25 heavy (non-hydrogen) atoms. The Labute approximate surface area is 139 Å². The van der Waals surface area contributed by atoms with Gasteiger partial charge in [-0.3, -0.25) is 4.68 Å². The Bertz CT molecular complexity index is 761. The SMILES string of the molecule is COC(=O)c1ccc(C(F)(F)F)nc1COCc1nc(CF)n(C)n1. The van der Waals surface area contributed by atoms with Gasteiger partial charge in [-0.1, -0.05) is 0 Å². The molecule has 0 radical (unpaired) electrons. The number of aromatic nitrogens is 4. The number of nitrogens with zero attached hydrogens (tertiary/aromatic N) is 4. The smallest absolute Gasteiger partial charge is 0.433 e. The molecule has 0 amide bonds. The zero-order chi connectivity index (χ0) is 18.6. The molecule has 0 aliphatic heterocycles. The molecule has 0 N–H and O–H groups in total. The molecular weight excluding hydrogens is 348 g/mol. The lowest BCUT2D eigenvalue weighted by molar-refractivity contribution is -0.141. The second-order valence-electron chi connectivity index (χ2n) is 4.87. The van der Waals surface area contributed by atoms with E-state index in [1.807, 2.05) is 0 Å². The van der Waals surface area contributed by atoms with Gasteiger partial charge in [0.15, 0.2) is 11.6 Å². The molecule has 136 valence electrons. The van der Waals surface area contributed by atoms with Gasteiger partial charge in [0.25, 0.3) is 0 Å². The van der Waals surface area contributed by atoms with Crippen molar-refractivity contribution in [2.45, 2.75) is 26.1 Å². The maximum Gasteiger partial charge on any atom is 0.433 e. The number of hydrogen-bond donors (Lipinski definition) is 0. The van der Waals surface area contributed by atoms with E-state index in [4.69, 9.17) is 4.74 Å². The number of aryl methyl sites for hydroxylation is 1. The predicted molar refractivity (Wildman–Crippen MR) is 74.9 cm³/mol. The van der Waals surface area contributed by atoms with E-state index in [1.54, 1.807) is 0 Å². The summed E-state index contributed by atoms with van der Waals surface area (Å²) in [5.74, 6) is -0.594. The van der Waals surface area contributed by atoms with Crippen LogP contribution in [0.2, 0.25) is 0 Å². The van der Waals surface area contributed by atoms with Crippen LogP contribution in [-0.2, 0) is 42.6 Å². The number of rotatable bonds is 6. The molecule has 0 saturated heterocycles. The molecule has 0 unspecified atom stereocenters. The van der Waals surface area contributed by atoms with E-state index in [2.05, 4.69) is 19.8 Å². The van der Waals surface area contributed by atoms with Crippen molar-refractivity contribution in [3.05, 3.63) is 40.7 Å². The number of hydrogen-bond acceptors (Lipinski definition) is 6. The van der Waals surface area contributed by atoms with Crippen LogP contribution in [0.4, 0.5) is 17.6 Å². The quantitative estimate of drug-likeness (QED) is 0.579. The molecule has 0 saturated carbocycles. The fourth-order valence-corrected chi connectivity index (χ4v) is 1.96. The van der Waals surface area contributed by atoms with Crippen LogP contribution in [0.1, 0.15) is 33.4 Å². The van der Waals surface area contributed by atoms with Crippen LogP contribution in [0, 0.1) is 0 Å². The van der Waals surface area contributed by atoms with Gasteiger partial charge in [-0.2, -0.15) is 18.3 Å². The third-order valence-electron chi connectivity index (χ3n) is 3.16. The maximum absolute atomic E-state index is 12.8. The van der Waals surface area contributed by atoms with E-state index in [0.29, 0.717) is 6.07 Å².